The van der Waals surface area contributed by atoms with Crippen LogP contribution in [0.4, 0.5) is 0 Å². The maximum Gasteiger partial charge on any atom is 0.123 e. The van der Waals surface area contributed by atoms with E-state index in [4.69, 9.17) is 14.2 Å². The van der Waals surface area contributed by atoms with Gasteiger partial charge in [0.1, 0.15) is 18.1 Å². The summed E-state index contributed by atoms with van der Waals surface area (Å²) in [6.45, 7) is 17.2. The van der Waals surface area contributed by atoms with E-state index < -0.39 is 0 Å². The Hall–Kier alpha value is -1.22. The number of methoxy groups -OCH3 is 1. The average Bonchev–Trinajstić information content (AvgIpc) is 2.43. The molecule has 23 heavy (non-hydrogen) atoms. The van der Waals surface area contributed by atoms with Crippen LogP contribution in [0, 0.1) is 0 Å². The van der Waals surface area contributed by atoms with Gasteiger partial charge in [0.15, 0.2) is 0 Å². The lowest BCUT2D eigenvalue weighted by molar-refractivity contribution is 0.145. The summed E-state index contributed by atoms with van der Waals surface area (Å²) in [6, 6.07) is 4.32. The molecule has 1 aromatic rings. The first-order valence-electron chi connectivity index (χ1n) is 8.54. The van der Waals surface area contributed by atoms with E-state index in [2.05, 4.69) is 60.6 Å². The fraction of sp³-hybridized carbons (Fsp3) is 0.700. The summed E-state index contributed by atoms with van der Waals surface area (Å²) in [7, 11) is 1.69. The third kappa shape index (κ3) is 5.72. The molecule has 0 saturated heterocycles. The van der Waals surface area contributed by atoms with E-state index in [1.165, 1.54) is 11.1 Å². The fourth-order valence-corrected chi connectivity index (χ4v) is 2.42. The minimum absolute atomic E-state index is 0.00114. The SMILES string of the molecule is CCCOc1cc(C(C)(C)C)c(OCCOC)cc1C(C)(C)C. The zero-order valence-electron chi connectivity index (χ0n) is 16.2. The van der Waals surface area contributed by atoms with Crippen LogP contribution in [0.1, 0.15) is 66.0 Å². The maximum absolute atomic E-state index is 6.05. The topological polar surface area (TPSA) is 27.7 Å². The predicted molar refractivity (Wildman–Crippen MR) is 97.0 cm³/mol. The number of rotatable bonds is 7. The van der Waals surface area contributed by atoms with Crippen LogP contribution in [0.15, 0.2) is 12.1 Å². The fourth-order valence-electron chi connectivity index (χ4n) is 2.42. The number of hydrogen-bond donors (Lipinski definition) is 0. The van der Waals surface area contributed by atoms with Gasteiger partial charge in [0.25, 0.3) is 0 Å². The highest BCUT2D eigenvalue weighted by atomic mass is 16.5. The van der Waals surface area contributed by atoms with Gasteiger partial charge in [-0.25, -0.2) is 0 Å². The number of benzene rings is 1. The minimum atomic E-state index is -0.0108. The Morgan fingerprint density at radius 1 is 0.739 bits per heavy atom. The smallest absolute Gasteiger partial charge is 0.123 e. The van der Waals surface area contributed by atoms with Crippen molar-refractivity contribution >= 4 is 0 Å². The van der Waals surface area contributed by atoms with Crippen molar-refractivity contribution < 1.29 is 14.2 Å². The van der Waals surface area contributed by atoms with E-state index in [9.17, 15) is 0 Å². The second kappa shape index (κ2) is 8.05. The van der Waals surface area contributed by atoms with Crippen molar-refractivity contribution in [1.29, 1.82) is 0 Å². The zero-order chi connectivity index (χ0) is 17.7. The first kappa shape index (κ1) is 19.8. The highest BCUT2D eigenvalue weighted by Gasteiger charge is 2.26. The highest BCUT2D eigenvalue weighted by Crippen LogP contribution is 2.41. The molecule has 132 valence electrons. The molecule has 3 heteroatoms. The Bertz CT molecular complexity index is 493. The van der Waals surface area contributed by atoms with Crippen LogP contribution in [0.3, 0.4) is 0 Å². The van der Waals surface area contributed by atoms with Crippen LogP contribution in [0.2, 0.25) is 0 Å². The molecule has 1 aromatic carbocycles. The van der Waals surface area contributed by atoms with E-state index >= 15 is 0 Å². The first-order chi connectivity index (χ1) is 10.6. The number of hydrogen-bond acceptors (Lipinski definition) is 3. The monoisotopic (exact) mass is 322 g/mol. The normalized spacial score (nSPS) is 12.3. The van der Waals surface area contributed by atoms with Crippen LogP contribution in [0.25, 0.3) is 0 Å². The molecule has 0 spiro atoms. The molecule has 0 aliphatic rings. The van der Waals surface area contributed by atoms with Gasteiger partial charge in [0.05, 0.1) is 13.2 Å². The Balaban J connectivity index is 3.36. The lowest BCUT2D eigenvalue weighted by Gasteiger charge is -2.29. The molecule has 0 amide bonds. The predicted octanol–water partition coefficient (Wildman–Crippen LogP) is 5.10. The Morgan fingerprint density at radius 3 is 1.52 bits per heavy atom. The standard InChI is InChI=1S/C20H34O3/c1-9-10-22-17-13-16(20(5,6)7)18(23-12-11-21-8)14-15(17)19(2,3)4/h13-14H,9-12H2,1-8H3. The summed E-state index contributed by atoms with van der Waals surface area (Å²) in [5, 5.41) is 0. The second-order valence-electron chi connectivity index (χ2n) is 8.03. The van der Waals surface area contributed by atoms with Gasteiger partial charge in [-0.05, 0) is 29.4 Å². The van der Waals surface area contributed by atoms with Gasteiger partial charge in [0, 0.05) is 18.2 Å². The third-order valence-corrected chi connectivity index (χ3v) is 3.70. The minimum Gasteiger partial charge on any atom is -0.493 e. The van der Waals surface area contributed by atoms with Gasteiger partial charge in [-0.1, -0.05) is 48.5 Å². The van der Waals surface area contributed by atoms with Gasteiger partial charge in [-0.15, -0.1) is 0 Å². The molecule has 0 unspecified atom stereocenters. The quantitative estimate of drug-likeness (QED) is 0.654. The molecular weight excluding hydrogens is 288 g/mol. The van der Waals surface area contributed by atoms with Crippen molar-refractivity contribution in [2.45, 2.75) is 65.7 Å². The lowest BCUT2D eigenvalue weighted by atomic mass is 9.81. The van der Waals surface area contributed by atoms with Gasteiger partial charge in [0.2, 0.25) is 0 Å². The maximum atomic E-state index is 6.05. The van der Waals surface area contributed by atoms with Crippen molar-refractivity contribution in [3.63, 3.8) is 0 Å². The average molecular weight is 322 g/mol. The van der Waals surface area contributed by atoms with E-state index in [0.29, 0.717) is 13.2 Å². The largest absolute Gasteiger partial charge is 0.493 e. The molecule has 1 rings (SSSR count). The molecule has 3 nitrogen and oxygen atoms in total. The summed E-state index contributed by atoms with van der Waals surface area (Å²) in [5.74, 6) is 1.91. The molecule has 0 radical (unpaired) electrons. The van der Waals surface area contributed by atoms with Crippen molar-refractivity contribution in [2.75, 3.05) is 26.9 Å². The van der Waals surface area contributed by atoms with Crippen LogP contribution in [-0.2, 0) is 15.6 Å². The third-order valence-electron chi connectivity index (χ3n) is 3.70. The molecule has 0 aliphatic carbocycles. The molecule has 0 atom stereocenters. The molecule has 0 aromatic heterocycles. The summed E-state index contributed by atoms with van der Waals surface area (Å²) in [4.78, 5) is 0. The molecular formula is C20H34O3. The van der Waals surface area contributed by atoms with Crippen LogP contribution in [-0.4, -0.2) is 26.9 Å². The van der Waals surface area contributed by atoms with Gasteiger partial charge >= 0.3 is 0 Å². The van der Waals surface area contributed by atoms with E-state index in [1.807, 2.05) is 0 Å². The van der Waals surface area contributed by atoms with E-state index in [0.717, 1.165) is 24.5 Å². The zero-order valence-corrected chi connectivity index (χ0v) is 16.2. The van der Waals surface area contributed by atoms with Gasteiger partial charge in [-0.3, -0.25) is 0 Å². The second-order valence-corrected chi connectivity index (χ2v) is 8.03. The van der Waals surface area contributed by atoms with Crippen LogP contribution >= 0.6 is 0 Å². The van der Waals surface area contributed by atoms with Crippen molar-refractivity contribution in [3.05, 3.63) is 23.3 Å². The summed E-state index contributed by atoms with van der Waals surface area (Å²) in [6.07, 6.45) is 1.00. The van der Waals surface area contributed by atoms with Gasteiger partial charge in [-0.2, -0.15) is 0 Å². The summed E-state index contributed by atoms with van der Waals surface area (Å²) in [5.41, 5.74) is 2.35. The molecule has 0 bridgehead atoms. The molecule has 0 heterocycles. The van der Waals surface area contributed by atoms with Gasteiger partial charge < -0.3 is 14.2 Å². The van der Waals surface area contributed by atoms with E-state index in [1.54, 1.807) is 7.11 Å². The highest BCUT2D eigenvalue weighted by molar-refractivity contribution is 5.51. The Labute approximate surface area is 142 Å². The first-order valence-corrected chi connectivity index (χ1v) is 8.54. The Morgan fingerprint density at radius 2 is 1.17 bits per heavy atom. The number of ether oxygens (including phenoxy) is 3. The lowest BCUT2D eigenvalue weighted by Crippen LogP contribution is -2.19. The van der Waals surface area contributed by atoms with Crippen molar-refractivity contribution in [1.82, 2.24) is 0 Å². The van der Waals surface area contributed by atoms with Crippen molar-refractivity contribution in [2.24, 2.45) is 0 Å². The van der Waals surface area contributed by atoms with Crippen LogP contribution in [0.5, 0.6) is 11.5 Å². The molecule has 0 fully saturated rings. The molecule has 0 saturated carbocycles. The van der Waals surface area contributed by atoms with Crippen molar-refractivity contribution in [3.8, 4) is 11.5 Å². The summed E-state index contributed by atoms with van der Waals surface area (Å²) >= 11 is 0. The molecule has 0 aliphatic heterocycles. The van der Waals surface area contributed by atoms with E-state index in [-0.39, 0.29) is 10.8 Å². The molecule has 0 N–H and O–H groups in total. The summed E-state index contributed by atoms with van der Waals surface area (Å²) < 4.78 is 17.2. The van der Waals surface area contributed by atoms with Crippen LogP contribution < -0.4 is 9.47 Å². The Kier molecular flexibility index (Phi) is 6.94.